The van der Waals surface area contributed by atoms with Crippen LogP contribution >= 0.6 is 0 Å². The number of halogens is 2. The van der Waals surface area contributed by atoms with Crippen LogP contribution in [0.25, 0.3) is 0 Å². The van der Waals surface area contributed by atoms with Gasteiger partial charge >= 0.3 is 0 Å². The molecule has 0 heterocycles. The second kappa shape index (κ2) is 6.21. The van der Waals surface area contributed by atoms with Crippen LogP contribution in [0.3, 0.4) is 0 Å². The van der Waals surface area contributed by atoms with Gasteiger partial charge in [-0.2, -0.15) is 0 Å². The summed E-state index contributed by atoms with van der Waals surface area (Å²) in [5.41, 5.74) is 0.816. The van der Waals surface area contributed by atoms with Crippen LogP contribution in [-0.4, -0.2) is 38.4 Å². The number of alkyl halides is 2. The molecule has 0 atom stereocenters. The van der Waals surface area contributed by atoms with Crippen LogP contribution in [0.1, 0.15) is 5.56 Å². The van der Waals surface area contributed by atoms with E-state index in [0.29, 0.717) is 0 Å². The van der Waals surface area contributed by atoms with Crippen LogP contribution in [0.5, 0.6) is 0 Å². The predicted octanol–water partition coefficient (Wildman–Crippen LogP) is 0.776. The molecular weight excluding hydrogens is 264 g/mol. The van der Waals surface area contributed by atoms with E-state index in [4.69, 9.17) is 5.11 Å². The zero-order valence-corrected chi connectivity index (χ0v) is 10.5. The standard InChI is InChI=1S/C11H15F2NO3S/c12-11(13,9-15)8-14-18(16,17)7-6-10-4-2-1-3-5-10/h1-5,14-15H,6-9H2. The van der Waals surface area contributed by atoms with Crippen LogP contribution in [-0.2, 0) is 16.4 Å². The van der Waals surface area contributed by atoms with E-state index in [1.807, 2.05) is 0 Å². The summed E-state index contributed by atoms with van der Waals surface area (Å²) in [7, 11) is -3.76. The molecular formula is C11H15F2NO3S. The van der Waals surface area contributed by atoms with Crippen molar-refractivity contribution in [3.05, 3.63) is 35.9 Å². The quantitative estimate of drug-likeness (QED) is 0.775. The lowest BCUT2D eigenvalue weighted by Crippen LogP contribution is -2.40. The van der Waals surface area contributed by atoms with Crippen molar-refractivity contribution in [3.63, 3.8) is 0 Å². The van der Waals surface area contributed by atoms with Gasteiger partial charge in [0.1, 0.15) is 6.61 Å². The van der Waals surface area contributed by atoms with Gasteiger partial charge in [-0.3, -0.25) is 0 Å². The van der Waals surface area contributed by atoms with E-state index in [2.05, 4.69) is 0 Å². The molecule has 0 saturated heterocycles. The van der Waals surface area contributed by atoms with Crippen molar-refractivity contribution in [1.82, 2.24) is 4.72 Å². The number of aliphatic hydroxyl groups is 1. The minimum Gasteiger partial charge on any atom is -0.390 e. The van der Waals surface area contributed by atoms with Crippen LogP contribution in [0.2, 0.25) is 0 Å². The van der Waals surface area contributed by atoms with Gasteiger partial charge in [0.15, 0.2) is 0 Å². The lowest BCUT2D eigenvalue weighted by Gasteiger charge is -2.14. The Bertz CT molecular complexity index is 462. The molecule has 18 heavy (non-hydrogen) atoms. The van der Waals surface area contributed by atoms with E-state index in [0.717, 1.165) is 5.56 Å². The molecule has 102 valence electrons. The van der Waals surface area contributed by atoms with Crippen molar-refractivity contribution < 1.29 is 22.3 Å². The molecule has 0 aliphatic heterocycles. The second-order valence-electron chi connectivity index (χ2n) is 3.89. The molecule has 4 nitrogen and oxygen atoms in total. The first-order valence-corrected chi connectivity index (χ1v) is 7.00. The predicted molar refractivity (Wildman–Crippen MR) is 64.0 cm³/mol. The summed E-state index contributed by atoms with van der Waals surface area (Å²) in [5.74, 6) is -3.70. The van der Waals surface area contributed by atoms with Gasteiger partial charge in [0.2, 0.25) is 10.0 Å². The van der Waals surface area contributed by atoms with Gasteiger partial charge in [-0.25, -0.2) is 21.9 Å². The van der Waals surface area contributed by atoms with Crippen molar-refractivity contribution >= 4 is 10.0 Å². The molecule has 0 radical (unpaired) electrons. The smallest absolute Gasteiger partial charge is 0.283 e. The molecule has 0 aromatic heterocycles. The SMILES string of the molecule is O=S(=O)(CCc1ccccc1)NCC(F)(F)CO. The van der Waals surface area contributed by atoms with Crippen molar-refractivity contribution in [1.29, 1.82) is 0 Å². The maximum Gasteiger partial charge on any atom is 0.283 e. The third-order valence-electron chi connectivity index (χ3n) is 2.28. The van der Waals surface area contributed by atoms with Crippen molar-refractivity contribution in [2.45, 2.75) is 12.3 Å². The Balaban J connectivity index is 2.46. The van der Waals surface area contributed by atoms with Gasteiger partial charge in [0.25, 0.3) is 5.92 Å². The van der Waals surface area contributed by atoms with Crippen molar-refractivity contribution in [3.8, 4) is 0 Å². The Morgan fingerprint density at radius 3 is 2.39 bits per heavy atom. The zero-order chi connectivity index (χ0) is 13.6. The van der Waals surface area contributed by atoms with E-state index >= 15 is 0 Å². The molecule has 1 rings (SSSR count). The van der Waals surface area contributed by atoms with Gasteiger partial charge < -0.3 is 5.11 Å². The number of benzene rings is 1. The third-order valence-corrected chi connectivity index (χ3v) is 3.61. The largest absolute Gasteiger partial charge is 0.390 e. The molecule has 0 bridgehead atoms. The zero-order valence-electron chi connectivity index (χ0n) is 9.64. The van der Waals surface area contributed by atoms with Crippen molar-refractivity contribution in [2.75, 3.05) is 18.9 Å². The first-order chi connectivity index (χ1) is 8.35. The summed E-state index contributed by atoms with van der Waals surface area (Å²) in [6.07, 6.45) is 0.251. The number of nitrogens with one attached hydrogen (secondary N) is 1. The van der Waals surface area contributed by atoms with Gasteiger partial charge in [0, 0.05) is 0 Å². The Labute approximate surface area is 105 Å². The van der Waals surface area contributed by atoms with Crippen LogP contribution in [0.4, 0.5) is 8.78 Å². The highest BCUT2D eigenvalue weighted by molar-refractivity contribution is 7.89. The summed E-state index contributed by atoms with van der Waals surface area (Å²) in [4.78, 5) is 0. The number of hydrogen-bond acceptors (Lipinski definition) is 3. The molecule has 0 amide bonds. The Morgan fingerprint density at radius 1 is 1.22 bits per heavy atom. The summed E-state index contributed by atoms with van der Waals surface area (Å²) in [5, 5.41) is 8.31. The van der Waals surface area contributed by atoms with Gasteiger partial charge in [-0.1, -0.05) is 30.3 Å². The lowest BCUT2D eigenvalue weighted by atomic mass is 10.2. The summed E-state index contributed by atoms with van der Waals surface area (Å²) >= 11 is 0. The molecule has 0 unspecified atom stereocenters. The molecule has 0 spiro atoms. The highest BCUT2D eigenvalue weighted by Crippen LogP contribution is 2.10. The number of sulfonamides is 1. The summed E-state index contributed by atoms with van der Waals surface area (Å²) < 4.78 is 50.0. The molecule has 0 saturated carbocycles. The molecule has 1 aromatic carbocycles. The summed E-state index contributed by atoms with van der Waals surface area (Å²) in [6, 6.07) is 8.87. The Morgan fingerprint density at radius 2 is 1.83 bits per heavy atom. The normalized spacial score (nSPS) is 12.6. The Hall–Kier alpha value is -1.05. The van der Waals surface area contributed by atoms with Crippen LogP contribution < -0.4 is 4.72 Å². The van der Waals surface area contributed by atoms with Crippen LogP contribution in [0, 0.1) is 0 Å². The number of hydrogen-bond donors (Lipinski definition) is 2. The molecule has 7 heteroatoms. The minimum absolute atomic E-state index is 0.251. The molecule has 0 aliphatic rings. The summed E-state index contributed by atoms with van der Waals surface area (Å²) in [6.45, 7) is -2.46. The highest BCUT2D eigenvalue weighted by atomic mass is 32.2. The number of aliphatic hydroxyl groups excluding tert-OH is 1. The average molecular weight is 279 g/mol. The molecule has 0 aliphatic carbocycles. The fourth-order valence-corrected chi connectivity index (χ4v) is 2.32. The lowest BCUT2D eigenvalue weighted by molar-refractivity contribution is -0.0437. The number of rotatable bonds is 7. The number of aryl methyl sites for hydroxylation is 1. The monoisotopic (exact) mass is 279 g/mol. The third kappa shape index (κ3) is 5.52. The maximum absolute atomic E-state index is 12.7. The van der Waals surface area contributed by atoms with Crippen LogP contribution in [0.15, 0.2) is 30.3 Å². The van der Waals surface area contributed by atoms with E-state index in [-0.39, 0.29) is 12.2 Å². The first kappa shape index (κ1) is 15.0. The highest BCUT2D eigenvalue weighted by Gasteiger charge is 2.29. The van der Waals surface area contributed by atoms with Gasteiger partial charge in [-0.05, 0) is 12.0 Å². The first-order valence-electron chi connectivity index (χ1n) is 5.35. The van der Waals surface area contributed by atoms with E-state index < -0.39 is 29.1 Å². The van der Waals surface area contributed by atoms with Crippen molar-refractivity contribution in [2.24, 2.45) is 0 Å². The van der Waals surface area contributed by atoms with Gasteiger partial charge in [-0.15, -0.1) is 0 Å². The second-order valence-corrected chi connectivity index (χ2v) is 5.82. The fourth-order valence-electron chi connectivity index (χ4n) is 1.24. The molecule has 1 aromatic rings. The van der Waals surface area contributed by atoms with Gasteiger partial charge in [0.05, 0.1) is 12.3 Å². The molecule has 2 N–H and O–H groups in total. The molecule has 0 fully saturated rings. The van der Waals surface area contributed by atoms with E-state index in [9.17, 15) is 17.2 Å². The van der Waals surface area contributed by atoms with E-state index in [1.54, 1.807) is 35.1 Å². The Kier molecular flexibility index (Phi) is 5.18. The average Bonchev–Trinajstić information content (AvgIpc) is 2.36. The topological polar surface area (TPSA) is 66.4 Å². The minimum atomic E-state index is -3.76. The fraction of sp³-hybridized carbons (Fsp3) is 0.455. The van der Waals surface area contributed by atoms with E-state index in [1.165, 1.54) is 0 Å². The maximum atomic E-state index is 12.7.